The van der Waals surface area contributed by atoms with Gasteiger partial charge in [-0.25, -0.2) is 0 Å². The van der Waals surface area contributed by atoms with Crippen molar-refractivity contribution in [1.29, 1.82) is 0 Å². The number of rotatable bonds is 5. The smallest absolute Gasteiger partial charge is 0.186 e. The molecule has 0 radical (unpaired) electrons. The summed E-state index contributed by atoms with van der Waals surface area (Å²) >= 11 is 0. The van der Waals surface area contributed by atoms with E-state index in [1.165, 1.54) is 0 Å². The second kappa shape index (κ2) is 12.0. The second-order valence-electron chi connectivity index (χ2n) is 18.8. The molecule has 3 heterocycles. The minimum absolute atomic E-state index is 0.00209. The lowest BCUT2D eigenvalue weighted by Crippen LogP contribution is -2.65. The Morgan fingerprint density at radius 2 is 1.46 bits per heavy atom. The van der Waals surface area contributed by atoms with Crippen LogP contribution in [0.1, 0.15) is 86.0 Å². The maximum absolute atomic E-state index is 11.2. The summed E-state index contributed by atoms with van der Waals surface area (Å²) in [5.41, 5.74) is -0.859. The van der Waals surface area contributed by atoms with Gasteiger partial charge in [0.1, 0.15) is 42.7 Å². The zero-order chi connectivity index (χ0) is 35.9. The Morgan fingerprint density at radius 1 is 0.740 bits per heavy atom. The minimum atomic E-state index is -1.56. The molecule has 0 unspecified atom stereocenters. The maximum Gasteiger partial charge on any atom is 0.186 e. The molecule has 8 rings (SSSR count). The van der Waals surface area contributed by atoms with Gasteiger partial charge in [0.2, 0.25) is 0 Å². The average molecular weight is 713 g/mol. The first-order valence-electron chi connectivity index (χ1n) is 19.1. The molecule has 5 aliphatic carbocycles. The highest BCUT2D eigenvalue weighted by Gasteiger charge is 2.85. The fourth-order valence-corrected chi connectivity index (χ4v) is 14.0. The molecule has 3 aliphatic heterocycles. The van der Waals surface area contributed by atoms with Crippen molar-refractivity contribution < 1.29 is 64.5 Å². The Bertz CT molecular complexity index is 1300. The van der Waals surface area contributed by atoms with Crippen LogP contribution in [0.4, 0.5) is 0 Å². The number of aliphatic hydroxyl groups is 8. The summed E-state index contributed by atoms with van der Waals surface area (Å²) in [5, 5.41) is 84.3. The van der Waals surface area contributed by atoms with Crippen molar-refractivity contribution in [3.05, 3.63) is 0 Å². The molecule has 0 aromatic heterocycles. The van der Waals surface area contributed by atoms with Gasteiger partial charge in [0.15, 0.2) is 18.9 Å². The molecule has 0 bridgehead atoms. The average Bonchev–Trinajstić information content (AvgIpc) is 3.64. The minimum Gasteiger partial charge on any atom is -0.394 e. The van der Waals surface area contributed by atoms with E-state index in [4.69, 9.17) is 23.7 Å². The van der Waals surface area contributed by atoms with Crippen LogP contribution in [-0.2, 0) is 23.7 Å². The molecule has 2 spiro atoms. The van der Waals surface area contributed by atoms with Crippen LogP contribution in [0.2, 0.25) is 0 Å². The highest BCUT2D eigenvalue weighted by molar-refractivity contribution is 5.33. The van der Waals surface area contributed by atoms with Crippen LogP contribution >= 0.6 is 0 Å². The van der Waals surface area contributed by atoms with Crippen LogP contribution in [0.25, 0.3) is 0 Å². The normalized spacial score (nSPS) is 61.3. The van der Waals surface area contributed by atoms with Crippen LogP contribution < -0.4 is 0 Å². The molecule has 0 aromatic rings. The summed E-state index contributed by atoms with van der Waals surface area (Å²) in [4.78, 5) is 0. The van der Waals surface area contributed by atoms with Crippen molar-refractivity contribution in [3.8, 4) is 0 Å². The molecule has 5 saturated carbocycles. The third kappa shape index (κ3) is 4.78. The highest BCUT2D eigenvalue weighted by atomic mass is 16.7. The fourth-order valence-electron chi connectivity index (χ4n) is 14.0. The molecule has 0 amide bonds. The monoisotopic (exact) mass is 712 g/mol. The molecule has 3 saturated heterocycles. The molecular formula is C37H60O13. The molecule has 50 heavy (non-hydrogen) atoms. The largest absolute Gasteiger partial charge is 0.394 e. The predicted molar refractivity (Wildman–Crippen MR) is 174 cm³/mol. The predicted octanol–water partition coefficient (Wildman–Crippen LogP) is 0.398. The van der Waals surface area contributed by atoms with E-state index in [9.17, 15) is 40.9 Å². The van der Waals surface area contributed by atoms with E-state index in [0.29, 0.717) is 12.8 Å². The molecule has 21 atom stereocenters. The quantitative estimate of drug-likeness (QED) is 0.182. The molecule has 8 N–H and O–H groups in total. The van der Waals surface area contributed by atoms with Crippen LogP contribution in [0.15, 0.2) is 0 Å². The van der Waals surface area contributed by atoms with Crippen LogP contribution in [-0.4, -0.2) is 134 Å². The van der Waals surface area contributed by atoms with Crippen molar-refractivity contribution in [2.24, 2.45) is 50.7 Å². The summed E-state index contributed by atoms with van der Waals surface area (Å²) in [6.07, 6.45) is -6.88. The number of ether oxygens (including phenoxy) is 5. The van der Waals surface area contributed by atoms with E-state index in [1.807, 2.05) is 0 Å². The van der Waals surface area contributed by atoms with Crippen molar-refractivity contribution in [1.82, 2.24) is 0 Å². The van der Waals surface area contributed by atoms with Gasteiger partial charge in [0, 0.05) is 6.42 Å². The lowest BCUT2D eigenvalue weighted by Gasteiger charge is -2.65. The number of hydrogen-bond acceptors (Lipinski definition) is 13. The van der Waals surface area contributed by atoms with E-state index < -0.39 is 79.7 Å². The summed E-state index contributed by atoms with van der Waals surface area (Å²) in [6.45, 7) is 10.7. The van der Waals surface area contributed by atoms with Gasteiger partial charge in [-0.2, -0.15) is 0 Å². The zero-order valence-electron chi connectivity index (χ0n) is 30.0. The Balaban J connectivity index is 1.16. The zero-order valence-corrected chi connectivity index (χ0v) is 30.0. The van der Waals surface area contributed by atoms with Gasteiger partial charge in [-0.05, 0) is 95.7 Å². The third-order valence-corrected chi connectivity index (χ3v) is 16.5. The van der Waals surface area contributed by atoms with Crippen molar-refractivity contribution >= 4 is 0 Å². The first-order chi connectivity index (χ1) is 23.5. The second-order valence-corrected chi connectivity index (χ2v) is 18.8. The summed E-state index contributed by atoms with van der Waals surface area (Å²) in [7, 11) is 0. The van der Waals surface area contributed by atoms with Gasteiger partial charge >= 0.3 is 0 Å². The van der Waals surface area contributed by atoms with Gasteiger partial charge in [-0.15, -0.1) is 0 Å². The lowest BCUT2D eigenvalue weighted by atomic mass is 9.41. The lowest BCUT2D eigenvalue weighted by molar-refractivity contribution is -0.335. The van der Waals surface area contributed by atoms with E-state index >= 15 is 0 Å². The van der Waals surface area contributed by atoms with Crippen LogP contribution in [0, 0.1) is 50.7 Å². The standard InChI is InChI=1S/C37H60O13/c1-16-10-23(40)47-19-12-35(5)30-18(48-32-29(45)27(43)26(42)20(13-38)49-32)11-21-33(2,3)22(50-31-28(44)25(41)17(39)14-46-31)6-7-36(21)15-37(30,36)9-8-34(35,4)24(16)19/h16-32,38-45H,6-15H2,1-5H3/t16-,17-,18-,19-,20+,21-,22-,23-,24-,25+,26+,27-,28-,29+,30+,31+,32+,34-,35+,36-,37+/m1/s1. The van der Waals surface area contributed by atoms with Gasteiger partial charge in [-0.3, -0.25) is 0 Å². The van der Waals surface area contributed by atoms with Gasteiger partial charge in [0.05, 0.1) is 31.5 Å². The Morgan fingerprint density at radius 3 is 2.18 bits per heavy atom. The van der Waals surface area contributed by atoms with Gasteiger partial charge in [0.25, 0.3) is 0 Å². The maximum atomic E-state index is 11.2. The Hall–Kier alpha value is -0.520. The molecule has 13 nitrogen and oxygen atoms in total. The van der Waals surface area contributed by atoms with Gasteiger partial charge < -0.3 is 64.5 Å². The number of aliphatic hydroxyl groups excluding tert-OH is 8. The van der Waals surface area contributed by atoms with Crippen LogP contribution in [0.3, 0.4) is 0 Å². The van der Waals surface area contributed by atoms with Crippen LogP contribution in [0.5, 0.6) is 0 Å². The van der Waals surface area contributed by atoms with E-state index in [0.717, 1.165) is 38.5 Å². The first kappa shape index (κ1) is 36.5. The first-order valence-corrected chi connectivity index (χ1v) is 19.1. The number of fused-ring (bicyclic) bond motifs is 4. The molecule has 13 heteroatoms. The molecule has 0 aromatic carbocycles. The molecule has 8 aliphatic rings. The summed E-state index contributed by atoms with van der Waals surface area (Å²) in [5.74, 6) is 0.696. The molecule has 8 fully saturated rings. The Kier molecular flexibility index (Phi) is 8.74. The van der Waals surface area contributed by atoms with E-state index in [2.05, 4.69) is 34.6 Å². The Labute approximate surface area is 294 Å². The third-order valence-electron chi connectivity index (χ3n) is 16.5. The number of hydrogen-bond donors (Lipinski definition) is 8. The molecular weight excluding hydrogens is 652 g/mol. The SMILES string of the molecule is C[C@@H]1C[C@H](O)O[C@@H]2C[C@@]3(C)[C@@H]4[C@H](O[C@H]5O[C@@H](CO)[C@H](O)[C@@H](O)[C@@H]5O)C[C@@H]5C(C)(C)[C@H](O[C@@H]6OC[C@@H](O)[C@H](O)[C@H]6O)CC[C@@]56C[C@@]46CC[C@]3(C)[C@H]12. The summed E-state index contributed by atoms with van der Waals surface area (Å²) < 4.78 is 31.4. The highest BCUT2D eigenvalue weighted by Crippen LogP contribution is 2.89. The van der Waals surface area contributed by atoms with Gasteiger partial charge in [-0.1, -0.05) is 34.6 Å². The summed E-state index contributed by atoms with van der Waals surface area (Å²) in [6, 6.07) is 0. The van der Waals surface area contributed by atoms with E-state index in [-0.39, 0.29) is 64.1 Å². The van der Waals surface area contributed by atoms with Crippen molar-refractivity contribution in [2.45, 2.75) is 166 Å². The fraction of sp³-hybridized carbons (Fsp3) is 1.00. The molecule has 286 valence electrons. The van der Waals surface area contributed by atoms with E-state index in [1.54, 1.807) is 0 Å². The topological polar surface area (TPSA) is 208 Å². The van der Waals surface area contributed by atoms with Crippen molar-refractivity contribution in [3.63, 3.8) is 0 Å². The van der Waals surface area contributed by atoms with Crippen molar-refractivity contribution in [2.75, 3.05) is 13.2 Å².